The van der Waals surface area contributed by atoms with Crippen LogP contribution in [0.25, 0.3) is 10.4 Å². The van der Waals surface area contributed by atoms with Gasteiger partial charge in [-0.3, -0.25) is 14.3 Å². The third-order valence-corrected chi connectivity index (χ3v) is 3.04. The van der Waals surface area contributed by atoms with Crippen molar-refractivity contribution < 1.29 is 9.84 Å². The first-order valence-electron chi connectivity index (χ1n) is 5.69. The van der Waals surface area contributed by atoms with E-state index in [2.05, 4.69) is 15.0 Å². The van der Waals surface area contributed by atoms with Crippen LogP contribution in [0.1, 0.15) is 18.2 Å². The van der Waals surface area contributed by atoms with Gasteiger partial charge in [0.1, 0.15) is 6.23 Å². The predicted octanol–water partition coefficient (Wildman–Crippen LogP) is -0.196. The van der Waals surface area contributed by atoms with Gasteiger partial charge in [0.05, 0.1) is 18.8 Å². The quantitative estimate of drug-likeness (QED) is 0.445. The van der Waals surface area contributed by atoms with E-state index in [9.17, 15) is 9.59 Å². The molecule has 0 spiro atoms. The van der Waals surface area contributed by atoms with Crippen molar-refractivity contribution in [3.05, 3.63) is 43.0 Å². The fourth-order valence-corrected chi connectivity index (χ4v) is 2.04. The first-order valence-corrected chi connectivity index (χ1v) is 5.69. The van der Waals surface area contributed by atoms with Gasteiger partial charge < -0.3 is 9.84 Å². The average Bonchev–Trinajstić information content (AvgIpc) is 2.77. The molecule has 19 heavy (non-hydrogen) atoms. The third-order valence-electron chi connectivity index (χ3n) is 3.04. The molecule has 0 amide bonds. The molecule has 0 saturated carbocycles. The van der Waals surface area contributed by atoms with Crippen LogP contribution in [0, 0.1) is 6.92 Å². The molecule has 0 aromatic carbocycles. The van der Waals surface area contributed by atoms with E-state index in [1.165, 1.54) is 10.8 Å². The molecule has 2 heterocycles. The second kappa shape index (κ2) is 5.27. The maximum absolute atomic E-state index is 11.7. The topological polar surface area (TPSA) is 133 Å². The van der Waals surface area contributed by atoms with Crippen LogP contribution in [-0.2, 0) is 4.74 Å². The normalized spacial score (nSPS) is 26.1. The molecule has 1 aliphatic heterocycles. The summed E-state index contributed by atoms with van der Waals surface area (Å²) in [5, 5.41) is 12.7. The van der Waals surface area contributed by atoms with Gasteiger partial charge in [0.2, 0.25) is 0 Å². The van der Waals surface area contributed by atoms with Crippen molar-refractivity contribution in [1.29, 1.82) is 0 Å². The van der Waals surface area contributed by atoms with Gasteiger partial charge >= 0.3 is 5.69 Å². The number of azide groups is 1. The summed E-state index contributed by atoms with van der Waals surface area (Å²) < 4.78 is 6.69. The van der Waals surface area contributed by atoms with Gasteiger partial charge in [0.25, 0.3) is 5.56 Å². The second-order valence-electron chi connectivity index (χ2n) is 4.30. The Labute approximate surface area is 107 Å². The minimum Gasteiger partial charge on any atom is -0.394 e. The lowest BCUT2D eigenvalue weighted by Crippen LogP contribution is -2.33. The number of H-pyrrole nitrogens is 1. The van der Waals surface area contributed by atoms with Crippen molar-refractivity contribution in [3.63, 3.8) is 0 Å². The van der Waals surface area contributed by atoms with Crippen molar-refractivity contribution in [2.24, 2.45) is 5.11 Å². The Bertz CT molecular complexity index is 630. The van der Waals surface area contributed by atoms with E-state index < -0.39 is 29.6 Å². The fourth-order valence-electron chi connectivity index (χ4n) is 2.04. The number of nitrogens with one attached hydrogen (secondary N) is 1. The van der Waals surface area contributed by atoms with Crippen molar-refractivity contribution in [1.82, 2.24) is 9.55 Å². The van der Waals surface area contributed by atoms with Crippen LogP contribution in [0.5, 0.6) is 0 Å². The van der Waals surface area contributed by atoms with E-state index in [1.807, 2.05) is 0 Å². The Kier molecular flexibility index (Phi) is 3.70. The van der Waals surface area contributed by atoms with E-state index in [-0.39, 0.29) is 13.0 Å². The number of aliphatic hydroxyl groups excluding tert-OH is 1. The number of aliphatic hydroxyl groups is 1. The number of aromatic nitrogens is 2. The highest BCUT2D eigenvalue weighted by atomic mass is 16.5. The van der Waals surface area contributed by atoms with Gasteiger partial charge in [-0.2, -0.15) is 0 Å². The Morgan fingerprint density at radius 2 is 2.42 bits per heavy atom. The minimum atomic E-state index is -0.671. The SMILES string of the molecule is Cc1cn(C2C[C@@H](N=[N+]=[N-])C(CO)O2)c(=O)[nH]c1=O. The first-order chi connectivity index (χ1) is 9.06. The lowest BCUT2D eigenvalue weighted by Gasteiger charge is -2.14. The highest BCUT2D eigenvalue weighted by Gasteiger charge is 2.35. The van der Waals surface area contributed by atoms with Crippen LogP contribution in [-0.4, -0.2) is 33.4 Å². The van der Waals surface area contributed by atoms with Gasteiger partial charge in [-0.15, -0.1) is 0 Å². The number of aromatic amines is 1. The molecule has 0 radical (unpaired) electrons. The summed E-state index contributed by atoms with van der Waals surface area (Å²) in [7, 11) is 0. The van der Waals surface area contributed by atoms with E-state index in [0.717, 1.165) is 0 Å². The van der Waals surface area contributed by atoms with Crippen LogP contribution in [0.2, 0.25) is 0 Å². The van der Waals surface area contributed by atoms with Crippen LogP contribution in [0.4, 0.5) is 0 Å². The van der Waals surface area contributed by atoms with Gasteiger partial charge in [0, 0.05) is 23.1 Å². The monoisotopic (exact) mass is 267 g/mol. The van der Waals surface area contributed by atoms with E-state index in [1.54, 1.807) is 6.92 Å². The lowest BCUT2D eigenvalue weighted by molar-refractivity contribution is -0.0271. The molecule has 9 nitrogen and oxygen atoms in total. The molecule has 1 aliphatic rings. The third kappa shape index (κ3) is 2.53. The number of ether oxygens (including phenoxy) is 1. The minimum absolute atomic E-state index is 0.265. The van der Waals surface area contributed by atoms with Crippen molar-refractivity contribution in [2.75, 3.05) is 6.61 Å². The second-order valence-corrected chi connectivity index (χ2v) is 4.30. The van der Waals surface area contributed by atoms with Crippen molar-refractivity contribution >= 4 is 0 Å². The van der Waals surface area contributed by atoms with Gasteiger partial charge in [-0.05, 0) is 12.5 Å². The molecular formula is C10H13N5O4. The fraction of sp³-hybridized carbons (Fsp3) is 0.600. The number of aryl methyl sites for hydroxylation is 1. The van der Waals surface area contributed by atoms with Crippen molar-refractivity contribution in [2.45, 2.75) is 31.7 Å². The maximum atomic E-state index is 11.7. The number of nitrogens with zero attached hydrogens (tertiary/aromatic N) is 4. The van der Waals surface area contributed by atoms with Crippen LogP contribution in [0.15, 0.2) is 20.9 Å². The molecule has 2 N–H and O–H groups in total. The summed E-state index contributed by atoms with van der Waals surface area (Å²) in [5.74, 6) is 0. The van der Waals surface area contributed by atoms with Crippen LogP contribution in [0.3, 0.4) is 0 Å². The Balaban J connectivity index is 2.34. The van der Waals surface area contributed by atoms with Crippen molar-refractivity contribution in [3.8, 4) is 0 Å². The van der Waals surface area contributed by atoms with Crippen LogP contribution >= 0.6 is 0 Å². The summed E-state index contributed by atoms with van der Waals surface area (Å²) >= 11 is 0. The molecule has 2 unspecified atom stereocenters. The summed E-state index contributed by atoms with van der Waals surface area (Å²) in [6, 6.07) is -0.542. The maximum Gasteiger partial charge on any atom is 0.330 e. The molecule has 9 heteroatoms. The zero-order valence-corrected chi connectivity index (χ0v) is 10.2. The Hall–Kier alpha value is -2.09. The molecular weight excluding hydrogens is 254 g/mol. The molecule has 1 aromatic heterocycles. The molecule has 0 aliphatic carbocycles. The zero-order valence-electron chi connectivity index (χ0n) is 10.2. The number of rotatable bonds is 3. The van der Waals surface area contributed by atoms with Gasteiger partial charge in [-0.25, -0.2) is 4.79 Å². The largest absolute Gasteiger partial charge is 0.394 e. The summed E-state index contributed by atoms with van der Waals surface area (Å²) in [4.78, 5) is 27.8. The molecule has 1 aromatic rings. The highest BCUT2D eigenvalue weighted by Crippen LogP contribution is 2.29. The number of hydrogen-bond donors (Lipinski definition) is 2. The molecule has 102 valence electrons. The molecule has 1 fully saturated rings. The van der Waals surface area contributed by atoms with E-state index >= 15 is 0 Å². The Morgan fingerprint density at radius 3 is 3.05 bits per heavy atom. The highest BCUT2D eigenvalue weighted by molar-refractivity contribution is 5.02. The molecule has 1 saturated heterocycles. The van der Waals surface area contributed by atoms with E-state index in [0.29, 0.717) is 5.56 Å². The smallest absolute Gasteiger partial charge is 0.330 e. The summed E-state index contributed by atoms with van der Waals surface area (Å²) in [6.45, 7) is 1.26. The van der Waals surface area contributed by atoms with Crippen LogP contribution < -0.4 is 11.2 Å². The summed E-state index contributed by atoms with van der Waals surface area (Å²) in [5.41, 5.74) is 7.76. The predicted molar refractivity (Wildman–Crippen MR) is 64.6 cm³/mol. The average molecular weight is 267 g/mol. The first kappa shape index (κ1) is 13.3. The Morgan fingerprint density at radius 1 is 1.68 bits per heavy atom. The molecule has 3 atom stereocenters. The zero-order chi connectivity index (χ0) is 14.0. The standard InChI is InChI=1S/C10H13N5O4/c1-5-3-15(10(18)12-9(5)17)8-2-6(13-14-11)7(4-16)19-8/h3,6-8,16H,2,4H2,1H3,(H,12,17,18)/t6-,7?,8?/m1/s1. The molecule has 0 bridgehead atoms. The lowest BCUT2D eigenvalue weighted by atomic mass is 10.1. The number of hydrogen-bond acceptors (Lipinski definition) is 5. The van der Waals surface area contributed by atoms with Gasteiger partial charge in [-0.1, -0.05) is 5.11 Å². The van der Waals surface area contributed by atoms with E-state index in [4.69, 9.17) is 15.4 Å². The summed E-state index contributed by atoms with van der Waals surface area (Å²) in [6.07, 6.45) is 0.329. The molecule has 2 rings (SSSR count). The van der Waals surface area contributed by atoms with Gasteiger partial charge in [0.15, 0.2) is 0 Å².